The molecule has 0 radical (unpaired) electrons. The fourth-order valence-corrected chi connectivity index (χ4v) is 3.04. The van der Waals surface area contributed by atoms with Crippen LogP contribution in [0.15, 0.2) is 42.5 Å². The highest BCUT2D eigenvalue weighted by atomic mass is 16.2. The molecular formula is C19H20N2O2. The van der Waals surface area contributed by atoms with Crippen molar-refractivity contribution in [3.05, 3.63) is 64.7 Å². The van der Waals surface area contributed by atoms with Crippen molar-refractivity contribution in [1.82, 2.24) is 4.90 Å². The van der Waals surface area contributed by atoms with E-state index in [9.17, 15) is 9.59 Å². The van der Waals surface area contributed by atoms with Gasteiger partial charge in [0.15, 0.2) is 0 Å². The van der Waals surface area contributed by atoms with Crippen LogP contribution in [-0.2, 0) is 22.6 Å². The van der Waals surface area contributed by atoms with E-state index in [0.717, 1.165) is 23.1 Å². The Balaban J connectivity index is 1.70. The number of hydrogen-bond acceptors (Lipinski definition) is 2. The lowest BCUT2D eigenvalue weighted by Gasteiger charge is -2.28. The maximum atomic E-state index is 12.4. The number of amides is 2. The molecule has 0 aliphatic carbocycles. The highest BCUT2D eigenvalue weighted by Crippen LogP contribution is 2.19. The van der Waals surface area contributed by atoms with E-state index in [0.29, 0.717) is 18.8 Å². The second-order valence-corrected chi connectivity index (χ2v) is 6.08. The zero-order valence-electron chi connectivity index (χ0n) is 13.4. The highest BCUT2D eigenvalue weighted by molar-refractivity contribution is 6.39. The zero-order valence-corrected chi connectivity index (χ0v) is 13.4. The molecule has 0 saturated heterocycles. The van der Waals surface area contributed by atoms with Gasteiger partial charge in [-0.1, -0.05) is 30.3 Å². The average Bonchev–Trinajstić information content (AvgIpc) is 2.52. The third-order valence-electron chi connectivity index (χ3n) is 4.09. The molecule has 0 fully saturated rings. The molecule has 0 spiro atoms. The average molecular weight is 308 g/mol. The second kappa shape index (κ2) is 6.24. The van der Waals surface area contributed by atoms with Crippen LogP contribution in [0.4, 0.5) is 5.69 Å². The third kappa shape index (κ3) is 3.42. The Labute approximate surface area is 136 Å². The van der Waals surface area contributed by atoms with E-state index < -0.39 is 11.8 Å². The summed E-state index contributed by atoms with van der Waals surface area (Å²) < 4.78 is 0. The van der Waals surface area contributed by atoms with E-state index in [1.54, 1.807) is 4.90 Å². The van der Waals surface area contributed by atoms with Crippen LogP contribution in [0.25, 0.3) is 0 Å². The van der Waals surface area contributed by atoms with Crippen molar-refractivity contribution >= 4 is 17.5 Å². The van der Waals surface area contributed by atoms with Crippen LogP contribution in [0.2, 0.25) is 0 Å². The number of nitrogens with one attached hydrogen (secondary N) is 1. The van der Waals surface area contributed by atoms with Crippen LogP contribution in [0.5, 0.6) is 0 Å². The minimum absolute atomic E-state index is 0.473. The van der Waals surface area contributed by atoms with E-state index >= 15 is 0 Å². The summed E-state index contributed by atoms with van der Waals surface area (Å²) in [6.45, 7) is 5.00. The van der Waals surface area contributed by atoms with Crippen molar-refractivity contribution in [2.45, 2.75) is 26.8 Å². The Morgan fingerprint density at radius 3 is 2.35 bits per heavy atom. The monoisotopic (exact) mass is 308 g/mol. The van der Waals surface area contributed by atoms with E-state index in [2.05, 4.69) is 11.4 Å². The first-order chi connectivity index (χ1) is 11.0. The normalized spacial score (nSPS) is 13.4. The minimum atomic E-state index is -0.575. The number of anilines is 1. The molecule has 2 aromatic carbocycles. The summed E-state index contributed by atoms with van der Waals surface area (Å²) in [4.78, 5) is 26.3. The van der Waals surface area contributed by atoms with Gasteiger partial charge in [0.05, 0.1) is 0 Å². The topological polar surface area (TPSA) is 49.4 Å². The van der Waals surface area contributed by atoms with Crippen molar-refractivity contribution < 1.29 is 9.59 Å². The Morgan fingerprint density at radius 2 is 1.65 bits per heavy atom. The zero-order chi connectivity index (χ0) is 16.4. The van der Waals surface area contributed by atoms with Gasteiger partial charge in [-0.15, -0.1) is 0 Å². The van der Waals surface area contributed by atoms with Crippen molar-refractivity contribution in [3.63, 3.8) is 0 Å². The molecule has 0 unspecified atom stereocenters. The van der Waals surface area contributed by atoms with Crippen LogP contribution in [0, 0.1) is 13.8 Å². The van der Waals surface area contributed by atoms with Crippen molar-refractivity contribution in [2.75, 3.05) is 11.9 Å². The van der Waals surface area contributed by atoms with Gasteiger partial charge in [-0.05, 0) is 54.7 Å². The molecule has 1 aliphatic rings. The first-order valence-corrected chi connectivity index (χ1v) is 7.78. The number of hydrogen-bond donors (Lipinski definition) is 1. The minimum Gasteiger partial charge on any atom is -0.330 e. The number of carbonyl (C=O) groups is 2. The molecule has 1 heterocycles. The SMILES string of the molecule is Cc1cc(C)cc(NC(=O)C(=O)N2CCc3ccccc3C2)c1. The summed E-state index contributed by atoms with van der Waals surface area (Å²) in [5, 5.41) is 2.71. The van der Waals surface area contributed by atoms with Gasteiger partial charge in [0, 0.05) is 18.8 Å². The molecule has 0 saturated carbocycles. The summed E-state index contributed by atoms with van der Waals surface area (Å²) in [5.74, 6) is -1.05. The molecule has 2 aromatic rings. The van der Waals surface area contributed by atoms with Crippen molar-refractivity contribution in [3.8, 4) is 0 Å². The van der Waals surface area contributed by atoms with Gasteiger partial charge >= 0.3 is 11.8 Å². The molecule has 0 aromatic heterocycles. The molecule has 0 bridgehead atoms. The maximum absolute atomic E-state index is 12.4. The fraction of sp³-hybridized carbons (Fsp3) is 0.263. The fourth-order valence-electron chi connectivity index (χ4n) is 3.04. The number of carbonyl (C=O) groups excluding carboxylic acids is 2. The lowest BCUT2D eigenvalue weighted by atomic mass is 10.00. The van der Waals surface area contributed by atoms with Crippen molar-refractivity contribution in [2.24, 2.45) is 0 Å². The van der Waals surface area contributed by atoms with Gasteiger partial charge in [-0.25, -0.2) is 0 Å². The Morgan fingerprint density at radius 1 is 1.00 bits per heavy atom. The molecule has 1 aliphatic heterocycles. The quantitative estimate of drug-likeness (QED) is 0.824. The summed E-state index contributed by atoms with van der Waals surface area (Å²) >= 11 is 0. The lowest BCUT2D eigenvalue weighted by Crippen LogP contribution is -2.42. The van der Waals surface area contributed by atoms with Gasteiger partial charge in [-0.3, -0.25) is 9.59 Å². The molecule has 118 valence electrons. The number of aryl methyl sites for hydroxylation is 2. The molecule has 4 nitrogen and oxygen atoms in total. The summed E-state index contributed by atoms with van der Waals surface area (Å²) in [5.41, 5.74) is 5.15. The number of rotatable bonds is 1. The molecule has 3 rings (SSSR count). The second-order valence-electron chi connectivity index (χ2n) is 6.08. The highest BCUT2D eigenvalue weighted by Gasteiger charge is 2.25. The molecule has 1 N–H and O–H groups in total. The molecule has 23 heavy (non-hydrogen) atoms. The Kier molecular flexibility index (Phi) is 4.15. The standard InChI is InChI=1S/C19H20N2O2/c1-13-9-14(2)11-17(10-13)20-18(22)19(23)21-8-7-15-5-3-4-6-16(15)12-21/h3-6,9-11H,7-8,12H2,1-2H3,(H,20,22). The molecule has 4 heteroatoms. The van der Waals surface area contributed by atoms with Gasteiger partial charge in [0.1, 0.15) is 0 Å². The van der Waals surface area contributed by atoms with Gasteiger partial charge < -0.3 is 10.2 Å². The molecule has 0 atom stereocenters. The predicted octanol–water partition coefficient (Wildman–Crippen LogP) is 2.83. The van der Waals surface area contributed by atoms with Crippen LogP contribution >= 0.6 is 0 Å². The van der Waals surface area contributed by atoms with E-state index in [1.165, 1.54) is 5.56 Å². The van der Waals surface area contributed by atoms with Gasteiger partial charge in [-0.2, -0.15) is 0 Å². The smallest absolute Gasteiger partial charge is 0.313 e. The lowest BCUT2D eigenvalue weighted by molar-refractivity contribution is -0.143. The number of nitrogens with zero attached hydrogens (tertiary/aromatic N) is 1. The first-order valence-electron chi connectivity index (χ1n) is 7.78. The molecular weight excluding hydrogens is 288 g/mol. The van der Waals surface area contributed by atoms with Gasteiger partial charge in [0.25, 0.3) is 0 Å². The maximum Gasteiger partial charge on any atom is 0.313 e. The Bertz CT molecular complexity index is 747. The third-order valence-corrected chi connectivity index (χ3v) is 4.09. The van der Waals surface area contributed by atoms with Crippen LogP contribution in [0.3, 0.4) is 0 Å². The largest absolute Gasteiger partial charge is 0.330 e. The summed E-state index contributed by atoms with van der Waals surface area (Å²) in [6, 6.07) is 13.8. The van der Waals surface area contributed by atoms with Crippen LogP contribution < -0.4 is 5.32 Å². The number of benzene rings is 2. The summed E-state index contributed by atoms with van der Waals surface area (Å²) in [7, 11) is 0. The van der Waals surface area contributed by atoms with E-state index in [-0.39, 0.29) is 0 Å². The van der Waals surface area contributed by atoms with Crippen LogP contribution in [0.1, 0.15) is 22.3 Å². The predicted molar refractivity (Wildman–Crippen MR) is 90.1 cm³/mol. The van der Waals surface area contributed by atoms with E-state index in [1.807, 2.05) is 50.2 Å². The van der Waals surface area contributed by atoms with Gasteiger partial charge in [0.2, 0.25) is 0 Å². The van der Waals surface area contributed by atoms with Crippen molar-refractivity contribution in [1.29, 1.82) is 0 Å². The van der Waals surface area contributed by atoms with Crippen LogP contribution in [-0.4, -0.2) is 23.3 Å². The summed E-state index contributed by atoms with van der Waals surface area (Å²) in [6.07, 6.45) is 0.790. The molecule has 2 amide bonds. The number of fused-ring (bicyclic) bond motifs is 1. The first kappa shape index (κ1) is 15.3. The Hall–Kier alpha value is -2.62. The van der Waals surface area contributed by atoms with E-state index in [4.69, 9.17) is 0 Å².